The molecule has 2 nitrogen and oxygen atoms in total. The molecule has 0 saturated heterocycles. The van der Waals surface area contributed by atoms with E-state index < -0.39 is 0 Å². The van der Waals surface area contributed by atoms with E-state index in [0.717, 1.165) is 11.5 Å². The number of thioether (sulfide) groups is 1. The van der Waals surface area contributed by atoms with Crippen molar-refractivity contribution in [3.63, 3.8) is 0 Å². The predicted octanol–water partition coefficient (Wildman–Crippen LogP) is 4.14. The van der Waals surface area contributed by atoms with Crippen molar-refractivity contribution in [1.82, 2.24) is 0 Å². The topological polar surface area (TPSA) is 26.3 Å². The maximum absolute atomic E-state index is 11.4. The molecule has 0 rings (SSSR count). The molecule has 0 radical (unpaired) electrons. The summed E-state index contributed by atoms with van der Waals surface area (Å²) in [5.74, 6) is 1.93. The zero-order valence-corrected chi connectivity index (χ0v) is 13.1. The Labute approximate surface area is 111 Å². The third-order valence-corrected chi connectivity index (χ3v) is 3.10. The summed E-state index contributed by atoms with van der Waals surface area (Å²) >= 11 is 1.84. The first-order chi connectivity index (χ1) is 7.60. The summed E-state index contributed by atoms with van der Waals surface area (Å²) in [4.78, 5) is 11.4. The number of hydrogen-bond acceptors (Lipinski definition) is 3. The Kier molecular flexibility index (Phi) is 7.22. The number of rotatable bonds is 6. The van der Waals surface area contributed by atoms with Crippen molar-refractivity contribution in [2.45, 2.75) is 54.4 Å². The van der Waals surface area contributed by atoms with Crippen molar-refractivity contribution < 1.29 is 9.53 Å². The highest BCUT2D eigenvalue weighted by Gasteiger charge is 2.14. The Morgan fingerprint density at radius 1 is 1.00 bits per heavy atom. The van der Waals surface area contributed by atoms with Gasteiger partial charge in [0, 0.05) is 5.75 Å². The van der Waals surface area contributed by atoms with Crippen molar-refractivity contribution in [2.75, 3.05) is 18.1 Å². The highest BCUT2D eigenvalue weighted by molar-refractivity contribution is 7.99. The van der Waals surface area contributed by atoms with E-state index in [0.29, 0.717) is 18.4 Å². The van der Waals surface area contributed by atoms with Crippen molar-refractivity contribution in [2.24, 2.45) is 10.8 Å². The standard InChI is InChI=1S/C14H28O2S/c1-13(2,3)8-10-17-9-7-12(15)16-11-14(4,5)6/h7-11H2,1-6H3. The number of esters is 1. The lowest BCUT2D eigenvalue weighted by molar-refractivity contribution is -0.145. The van der Waals surface area contributed by atoms with Gasteiger partial charge in [-0.25, -0.2) is 0 Å². The second-order valence-corrected chi connectivity index (χ2v) is 8.12. The Bertz CT molecular complexity index is 223. The molecule has 0 N–H and O–H groups in total. The van der Waals surface area contributed by atoms with Gasteiger partial charge in [0.25, 0.3) is 0 Å². The van der Waals surface area contributed by atoms with Crippen molar-refractivity contribution >= 4 is 17.7 Å². The highest BCUT2D eigenvalue weighted by Crippen LogP contribution is 2.21. The lowest BCUT2D eigenvalue weighted by Crippen LogP contribution is -2.18. The minimum atomic E-state index is -0.0665. The summed E-state index contributed by atoms with van der Waals surface area (Å²) < 4.78 is 5.20. The van der Waals surface area contributed by atoms with Crippen LogP contribution in [0.3, 0.4) is 0 Å². The van der Waals surface area contributed by atoms with Gasteiger partial charge in [-0.15, -0.1) is 0 Å². The zero-order chi connectivity index (χ0) is 13.5. The van der Waals surface area contributed by atoms with Crippen LogP contribution in [0.5, 0.6) is 0 Å². The van der Waals surface area contributed by atoms with Crippen LogP contribution in [0.15, 0.2) is 0 Å². The molecule has 0 aromatic heterocycles. The highest BCUT2D eigenvalue weighted by atomic mass is 32.2. The first-order valence-corrected chi connectivity index (χ1v) is 7.49. The quantitative estimate of drug-likeness (QED) is 0.530. The molecule has 0 atom stereocenters. The largest absolute Gasteiger partial charge is 0.465 e. The van der Waals surface area contributed by atoms with E-state index in [2.05, 4.69) is 41.5 Å². The molecule has 0 amide bonds. The van der Waals surface area contributed by atoms with Crippen molar-refractivity contribution in [3.8, 4) is 0 Å². The third kappa shape index (κ3) is 13.8. The molecule has 17 heavy (non-hydrogen) atoms. The van der Waals surface area contributed by atoms with Crippen LogP contribution in [0.1, 0.15) is 54.4 Å². The summed E-state index contributed by atoms with van der Waals surface area (Å²) in [6, 6.07) is 0. The van der Waals surface area contributed by atoms with Gasteiger partial charge in [-0.1, -0.05) is 41.5 Å². The molecular weight excluding hydrogens is 232 g/mol. The number of ether oxygens (including phenoxy) is 1. The monoisotopic (exact) mass is 260 g/mol. The minimum absolute atomic E-state index is 0.0645. The molecular formula is C14H28O2S. The van der Waals surface area contributed by atoms with Gasteiger partial charge in [0.05, 0.1) is 13.0 Å². The fraction of sp³-hybridized carbons (Fsp3) is 0.929. The van der Waals surface area contributed by atoms with Gasteiger partial charge in [-0.3, -0.25) is 4.79 Å². The summed E-state index contributed by atoms with van der Waals surface area (Å²) in [7, 11) is 0. The first kappa shape index (κ1) is 16.8. The van der Waals surface area contributed by atoms with E-state index in [4.69, 9.17) is 4.74 Å². The van der Waals surface area contributed by atoms with Crippen LogP contribution in [0.25, 0.3) is 0 Å². The van der Waals surface area contributed by atoms with E-state index >= 15 is 0 Å². The first-order valence-electron chi connectivity index (χ1n) is 6.33. The summed E-state index contributed by atoms with van der Waals surface area (Å²) in [5.41, 5.74) is 0.453. The maximum Gasteiger partial charge on any atom is 0.306 e. The lowest BCUT2D eigenvalue weighted by atomic mass is 9.94. The van der Waals surface area contributed by atoms with E-state index in [1.807, 2.05) is 11.8 Å². The minimum Gasteiger partial charge on any atom is -0.465 e. The lowest BCUT2D eigenvalue weighted by Gasteiger charge is -2.18. The molecule has 0 heterocycles. The van der Waals surface area contributed by atoms with Gasteiger partial charge in [-0.05, 0) is 23.0 Å². The smallest absolute Gasteiger partial charge is 0.306 e. The molecule has 0 spiro atoms. The van der Waals surface area contributed by atoms with Crippen LogP contribution >= 0.6 is 11.8 Å². The maximum atomic E-state index is 11.4. The van der Waals surface area contributed by atoms with E-state index in [1.54, 1.807) is 0 Å². The molecule has 0 aromatic carbocycles. The van der Waals surface area contributed by atoms with E-state index in [1.165, 1.54) is 6.42 Å². The predicted molar refractivity (Wildman–Crippen MR) is 76.4 cm³/mol. The summed E-state index contributed by atoms with van der Waals surface area (Å²) in [5, 5.41) is 0. The molecule has 3 heteroatoms. The van der Waals surface area contributed by atoms with Gasteiger partial charge in [0.2, 0.25) is 0 Å². The molecule has 0 aromatic rings. The van der Waals surface area contributed by atoms with Gasteiger partial charge in [0.1, 0.15) is 0 Å². The Morgan fingerprint density at radius 2 is 1.59 bits per heavy atom. The Morgan fingerprint density at radius 3 is 2.06 bits per heavy atom. The van der Waals surface area contributed by atoms with Gasteiger partial charge >= 0.3 is 5.97 Å². The second kappa shape index (κ2) is 7.30. The average Bonchev–Trinajstić information content (AvgIpc) is 2.11. The van der Waals surface area contributed by atoms with Crippen LogP contribution in [0, 0.1) is 10.8 Å². The van der Waals surface area contributed by atoms with Gasteiger partial charge < -0.3 is 4.74 Å². The molecule has 0 aliphatic carbocycles. The van der Waals surface area contributed by atoms with Crippen LogP contribution in [-0.4, -0.2) is 24.1 Å². The van der Waals surface area contributed by atoms with Crippen LogP contribution in [0.2, 0.25) is 0 Å². The van der Waals surface area contributed by atoms with Gasteiger partial charge in [0.15, 0.2) is 0 Å². The molecule has 102 valence electrons. The number of carbonyl (C=O) groups is 1. The third-order valence-electron chi connectivity index (χ3n) is 2.11. The Balaban J connectivity index is 3.47. The van der Waals surface area contributed by atoms with Crippen LogP contribution in [0.4, 0.5) is 0 Å². The van der Waals surface area contributed by atoms with Gasteiger partial charge in [-0.2, -0.15) is 11.8 Å². The fourth-order valence-corrected chi connectivity index (χ4v) is 2.28. The van der Waals surface area contributed by atoms with Crippen molar-refractivity contribution in [3.05, 3.63) is 0 Å². The molecule has 0 fully saturated rings. The summed E-state index contributed by atoms with van der Waals surface area (Å²) in [6.45, 7) is 13.4. The summed E-state index contributed by atoms with van der Waals surface area (Å²) in [6.07, 6.45) is 1.72. The number of hydrogen-bond donors (Lipinski definition) is 0. The normalized spacial score (nSPS) is 12.6. The molecule has 0 aliphatic heterocycles. The molecule has 0 unspecified atom stereocenters. The van der Waals surface area contributed by atoms with E-state index in [-0.39, 0.29) is 11.4 Å². The molecule has 0 saturated carbocycles. The Hall–Kier alpha value is -0.180. The van der Waals surface area contributed by atoms with Crippen LogP contribution in [-0.2, 0) is 9.53 Å². The van der Waals surface area contributed by atoms with E-state index in [9.17, 15) is 4.79 Å². The SMILES string of the molecule is CC(C)(C)CCSCCC(=O)OCC(C)(C)C. The average molecular weight is 260 g/mol. The molecule has 0 bridgehead atoms. The molecule has 0 aliphatic rings. The second-order valence-electron chi connectivity index (χ2n) is 6.89. The zero-order valence-electron chi connectivity index (χ0n) is 12.3. The number of carbonyl (C=O) groups excluding carboxylic acids is 1. The van der Waals surface area contributed by atoms with Crippen LogP contribution < -0.4 is 0 Å². The fourth-order valence-electron chi connectivity index (χ4n) is 1.01. The van der Waals surface area contributed by atoms with Crippen molar-refractivity contribution in [1.29, 1.82) is 0 Å².